The Kier molecular flexibility index (Phi) is 9.11. The molecule has 0 spiro atoms. The maximum absolute atomic E-state index is 13.7. The summed E-state index contributed by atoms with van der Waals surface area (Å²) in [5.74, 6) is -0.195. The van der Waals surface area contributed by atoms with Gasteiger partial charge in [-0.1, -0.05) is 69.9 Å². The van der Waals surface area contributed by atoms with Crippen molar-refractivity contribution < 1.29 is 21.6 Å². The third-order valence-electron chi connectivity index (χ3n) is 6.23. The molecule has 0 fully saturated rings. The molecule has 0 aliphatic carbocycles. The molecule has 5 nitrogen and oxygen atoms in total. The second-order valence-electron chi connectivity index (χ2n) is 8.86. The number of halogens is 3. The number of nitrogens with zero attached hydrogens (tertiary/aromatic N) is 2. The zero-order valence-electron chi connectivity index (χ0n) is 20.8. The third kappa shape index (κ3) is 6.63. The largest absolute Gasteiger partial charge is 0.418 e. The van der Waals surface area contributed by atoms with Crippen molar-refractivity contribution in [2.75, 3.05) is 4.72 Å². The van der Waals surface area contributed by atoms with Crippen LogP contribution >= 0.6 is 0 Å². The summed E-state index contributed by atoms with van der Waals surface area (Å²) in [5.41, 5.74) is 0.217. The van der Waals surface area contributed by atoms with Crippen LogP contribution in [0.4, 0.5) is 19.0 Å². The molecule has 0 aliphatic heterocycles. The number of sulfonamides is 1. The average Bonchev–Trinajstić information content (AvgIpc) is 2.83. The Morgan fingerprint density at radius 3 is 2.39 bits per heavy atom. The van der Waals surface area contributed by atoms with Crippen LogP contribution in [0.25, 0.3) is 11.3 Å². The number of hydrogen-bond donors (Lipinski definition) is 1. The molecule has 0 amide bonds. The Morgan fingerprint density at radius 1 is 0.972 bits per heavy atom. The molecule has 1 atom stereocenters. The highest BCUT2D eigenvalue weighted by atomic mass is 32.2. The lowest BCUT2D eigenvalue weighted by Gasteiger charge is -2.19. The fraction of sp³-hybridized carbons (Fsp3) is 0.407. The van der Waals surface area contributed by atoms with Crippen LogP contribution in [0.2, 0.25) is 0 Å². The van der Waals surface area contributed by atoms with Crippen molar-refractivity contribution in [2.24, 2.45) is 0 Å². The maximum Gasteiger partial charge on any atom is 0.418 e. The summed E-state index contributed by atoms with van der Waals surface area (Å²) in [6.07, 6.45) is 2.62. The first kappa shape index (κ1) is 27.6. The zero-order valence-corrected chi connectivity index (χ0v) is 21.6. The fourth-order valence-corrected chi connectivity index (χ4v) is 5.54. The molecular weight excluding hydrogens is 487 g/mol. The normalized spacial score (nSPS) is 12.9. The van der Waals surface area contributed by atoms with Crippen LogP contribution < -0.4 is 4.72 Å². The van der Waals surface area contributed by atoms with Crippen molar-refractivity contribution in [3.8, 4) is 11.3 Å². The number of nitrogens with one attached hydrogen (secondary N) is 1. The summed E-state index contributed by atoms with van der Waals surface area (Å²) >= 11 is 0. The van der Waals surface area contributed by atoms with Gasteiger partial charge in [0.15, 0.2) is 5.03 Å². The summed E-state index contributed by atoms with van der Waals surface area (Å²) in [4.78, 5) is 8.26. The Balaban J connectivity index is 1.99. The lowest BCUT2D eigenvalue weighted by atomic mass is 9.92. The molecule has 2 aromatic heterocycles. The Morgan fingerprint density at radius 2 is 1.72 bits per heavy atom. The number of benzene rings is 1. The molecule has 3 aromatic rings. The van der Waals surface area contributed by atoms with E-state index < -0.39 is 21.8 Å². The molecule has 0 aliphatic rings. The maximum atomic E-state index is 13.7. The predicted octanol–water partition coefficient (Wildman–Crippen LogP) is 7.74. The van der Waals surface area contributed by atoms with Crippen molar-refractivity contribution in [2.45, 2.75) is 76.4 Å². The van der Waals surface area contributed by atoms with Gasteiger partial charge in [0.05, 0.1) is 11.3 Å². The van der Waals surface area contributed by atoms with E-state index in [0.717, 1.165) is 50.7 Å². The van der Waals surface area contributed by atoms with Gasteiger partial charge in [-0.15, -0.1) is 0 Å². The Labute approximate surface area is 211 Å². The minimum absolute atomic E-state index is 0.00484. The average molecular weight is 520 g/mol. The number of unbranched alkanes of at least 4 members (excludes halogenated alkanes) is 3. The highest BCUT2D eigenvalue weighted by molar-refractivity contribution is 7.92. The summed E-state index contributed by atoms with van der Waals surface area (Å²) in [7, 11) is -4.20. The van der Waals surface area contributed by atoms with Gasteiger partial charge in [-0.25, -0.2) is 9.97 Å². The van der Waals surface area contributed by atoms with E-state index in [1.165, 1.54) is 12.3 Å². The standard InChI is InChI=1S/C27H32F3N3O2S/c1-4-6-7-8-13-20(5-2)22-15-11-18-31-26(22)36(34,35)33-24-17-16-23(27(28,29)30)25(32-24)21-14-10-9-12-19(21)3/h9-12,14-18,20H,4-8,13H2,1-3H3,(H,32,33). The molecular formula is C27H32F3N3O2S. The van der Waals surface area contributed by atoms with Crippen molar-refractivity contribution in [1.29, 1.82) is 0 Å². The molecule has 2 heterocycles. The van der Waals surface area contributed by atoms with E-state index in [1.54, 1.807) is 37.3 Å². The number of anilines is 1. The van der Waals surface area contributed by atoms with Gasteiger partial charge in [0, 0.05) is 11.8 Å². The molecule has 194 valence electrons. The van der Waals surface area contributed by atoms with Crippen LogP contribution in [0.1, 0.15) is 75.0 Å². The van der Waals surface area contributed by atoms with Crippen LogP contribution in [0.5, 0.6) is 0 Å². The minimum Gasteiger partial charge on any atom is -0.262 e. The lowest BCUT2D eigenvalue weighted by Crippen LogP contribution is -2.19. The topological polar surface area (TPSA) is 72.0 Å². The van der Waals surface area contributed by atoms with Crippen molar-refractivity contribution >= 4 is 15.8 Å². The van der Waals surface area contributed by atoms with E-state index in [-0.39, 0.29) is 28.0 Å². The molecule has 0 saturated carbocycles. The Bertz CT molecular complexity index is 1280. The van der Waals surface area contributed by atoms with Gasteiger partial charge < -0.3 is 0 Å². The number of rotatable bonds is 11. The summed E-state index contributed by atoms with van der Waals surface area (Å²) in [6.45, 7) is 5.82. The second kappa shape index (κ2) is 11.9. The van der Waals surface area contributed by atoms with Crippen LogP contribution in [0, 0.1) is 6.92 Å². The number of aryl methyl sites for hydroxylation is 1. The first-order valence-corrected chi connectivity index (χ1v) is 13.7. The van der Waals surface area contributed by atoms with Crippen LogP contribution in [0.15, 0.2) is 59.8 Å². The molecule has 1 aromatic carbocycles. The number of pyridine rings is 2. The van der Waals surface area contributed by atoms with E-state index in [9.17, 15) is 21.6 Å². The van der Waals surface area contributed by atoms with Gasteiger partial charge in [-0.3, -0.25) is 4.72 Å². The summed E-state index contributed by atoms with van der Waals surface area (Å²) in [6, 6.07) is 11.9. The van der Waals surface area contributed by atoms with Gasteiger partial charge >= 0.3 is 6.18 Å². The second-order valence-corrected chi connectivity index (χ2v) is 10.5. The molecule has 3 rings (SSSR count). The first-order valence-electron chi connectivity index (χ1n) is 12.2. The van der Waals surface area contributed by atoms with Gasteiger partial charge in [0.25, 0.3) is 10.0 Å². The van der Waals surface area contributed by atoms with Crippen LogP contribution in [-0.2, 0) is 16.2 Å². The minimum atomic E-state index is -4.65. The van der Waals surface area contributed by atoms with Crippen molar-refractivity contribution in [3.05, 3.63) is 71.4 Å². The van der Waals surface area contributed by atoms with E-state index in [4.69, 9.17) is 0 Å². The summed E-state index contributed by atoms with van der Waals surface area (Å²) < 4.78 is 70.4. The molecule has 0 bridgehead atoms. The molecule has 1 N–H and O–H groups in total. The number of alkyl halides is 3. The fourth-order valence-electron chi connectivity index (χ4n) is 4.31. The molecule has 36 heavy (non-hydrogen) atoms. The first-order chi connectivity index (χ1) is 17.1. The van der Waals surface area contributed by atoms with Crippen LogP contribution in [-0.4, -0.2) is 18.4 Å². The monoisotopic (exact) mass is 519 g/mol. The van der Waals surface area contributed by atoms with Crippen molar-refractivity contribution in [3.63, 3.8) is 0 Å². The highest BCUT2D eigenvalue weighted by Crippen LogP contribution is 2.38. The van der Waals surface area contributed by atoms with E-state index in [1.807, 2.05) is 6.92 Å². The molecule has 9 heteroatoms. The van der Waals surface area contributed by atoms with Gasteiger partial charge in [-0.05, 0) is 55.0 Å². The highest BCUT2D eigenvalue weighted by Gasteiger charge is 2.35. The van der Waals surface area contributed by atoms with Gasteiger partial charge in [0.2, 0.25) is 0 Å². The van der Waals surface area contributed by atoms with E-state index in [2.05, 4.69) is 21.6 Å². The summed E-state index contributed by atoms with van der Waals surface area (Å²) in [5, 5.41) is -0.119. The van der Waals surface area contributed by atoms with Crippen LogP contribution in [0.3, 0.4) is 0 Å². The van der Waals surface area contributed by atoms with Gasteiger partial charge in [0.1, 0.15) is 5.82 Å². The van der Waals surface area contributed by atoms with Crippen molar-refractivity contribution in [1.82, 2.24) is 9.97 Å². The predicted molar refractivity (Wildman–Crippen MR) is 136 cm³/mol. The molecule has 0 radical (unpaired) electrons. The third-order valence-corrected chi connectivity index (χ3v) is 7.56. The van der Waals surface area contributed by atoms with E-state index in [0.29, 0.717) is 11.1 Å². The lowest BCUT2D eigenvalue weighted by molar-refractivity contribution is -0.137. The number of aromatic nitrogens is 2. The number of hydrogen-bond acceptors (Lipinski definition) is 4. The van der Waals surface area contributed by atoms with E-state index >= 15 is 0 Å². The quantitative estimate of drug-likeness (QED) is 0.263. The SMILES string of the molecule is CCCCCCC(CC)c1cccnc1S(=O)(=O)Nc1ccc(C(F)(F)F)c(-c2ccccc2C)n1. The smallest absolute Gasteiger partial charge is 0.262 e. The zero-order chi connectivity index (χ0) is 26.3. The van der Waals surface area contributed by atoms with Gasteiger partial charge in [-0.2, -0.15) is 21.6 Å². The molecule has 0 saturated heterocycles. The molecule has 1 unspecified atom stereocenters. The Hall–Kier alpha value is -2.94.